The number of rotatable bonds is 1. The Labute approximate surface area is 114 Å². The fourth-order valence-electron chi connectivity index (χ4n) is 2.34. The predicted molar refractivity (Wildman–Crippen MR) is 72.9 cm³/mol. The van der Waals surface area contributed by atoms with Gasteiger partial charge in [-0.3, -0.25) is 4.79 Å². The molecular formula is C14H14FNO2S. The first-order valence-electron chi connectivity index (χ1n) is 6.30. The maximum atomic E-state index is 13.1. The molecule has 0 saturated carbocycles. The standard InChI is InChI=1S/C14H14FNO2S/c15-10-1-2-12-9(7-10)8-13(19-12)14(18)16-5-3-11(17)4-6-16/h1-2,7-8,11,17H,3-6H2. The van der Waals surface area contributed by atoms with Crippen LogP contribution in [0.3, 0.4) is 0 Å². The van der Waals surface area contributed by atoms with Crippen LogP contribution in [0.4, 0.5) is 4.39 Å². The summed E-state index contributed by atoms with van der Waals surface area (Å²) in [5.74, 6) is -0.307. The molecule has 100 valence electrons. The molecule has 2 aromatic rings. The molecule has 3 nitrogen and oxygen atoms in total. The zero-order chi connectivity index (χ0) is 13.4. The lowest BCUT2D eigenvalue weighted by atomic mass is 10.1. The normalized spacial score (nSPS) is 17.1. The maximum Gasteiger partial charge on any atom is 0.263 e. The summed E-state index contributed by atoms with van der Waals surface area (Å²) in [6, 6.07) is 6.30. The molecule has 1 amide bonds. The number of hydrogen-bond donors (Lipinski definition) is 1. The number of nitrogens with zero attached hydrogens (tertiary/aromatic N) is 1. The number of aliphatic hydroxyl groups excluding tert-OH is 1. The van der Waals surface area contributed by atoms with Gasteiger partial charge >= 0.3 is 0 Å². The number of benzene rings is 1. The van der Waals surface area contributed by atoms with Crippen LogP contribution in [0.2, 0.25) is 0 Å². The van der Waals surface area contributed by atoms with Crippen molar-refractivity contribution in [2.75, 3.05) is 13.1 Å². The zero-order valence-corrected chi connectivity index (χ0v) is 11.1. The zero-order valence-electron chi connectivity index (χ0n) is 10.3. The van der Waals surface area contributed by atoms with E-state index in [1.165, 1.54) is 23.5 Å². The second-order valence-corrected chi connectivity index (χ2v) is 5.90. The van der Waals surface area contributed by atoms with Gasteiger partial charge in [-0.15, -0.1) is 11.3 Å². The summed E-state index contributed by atoms with van der Waals surface area (Å²) in [4.78, 5) is 14.7. The van der Waals surface area contributed by atoms with Gasteiger partial charge in [-0.2, -0.15) is 0 Å². The third-order valence-electron chi connectivity index (χ3n) is 3.44. The molecule has 1 fully saturated rings. The molecule has 1 N–H and O–H groups in total. The molecule has 2 heterocycles. The predicted octanol–water partition coefficient (Wildman–Crippen LogP) is 2.64. The number of halogens is 1. The van der Waals surface area contributed by atoms with Crippen molar-refractivity contribution in [2.45, 2.75) is 18.9 Å². The molecule has 5 heteroatoms. The Kier molecular flexibility index (Phi) is 3.24. The lowest BCUT2D eigenvalue weighted by Crippen LogP contribution is -2.39. The molecule has 1 aromatic carbocycles. The van der Waals surface area contributed by atoms with E-state index in [4.69, 9.17) is 0 Å². The Morgan fingerprint density at radius 1 is 1.32 bits per heavy atom. The van der Waals surface area contributed by atoms with E-state index in [-0.39, 0.29) is 17.8 Å². The topological polar surface area (TPSA) is 40.5 Å². The van der Waals surface area contributed by atoms with Crippen LogP contribution in [0.15, 0.2) is 24.3 Å². The van der Waals surface area contributed by atoms with Crippen LogP contribution < -0.4 is 0 Å². The monoisotopic (exact) mass is 279 g/mol. The molecule has 1 aromatic heterocycles. The number of thiophene rings is 1. The third-order valence-corrected chi connectivity index (χ3v) is 4.54. The summed E-state index contributed by atoms with van der Waals surface area (Å²) >= 11 is 1.39. The molecule has 0 aliphatic carbocycles. The highest BCUT2D eigenvalue weighted by Gasteiger charge is 2.23. The van der Waals surface area contributed by atoms with Crippen molar-refractivity contribution < 1.29 is 14.3 Å². The number of carbonyl (C=O) groups excluding carboxylic acids is 1. The molecule has 1 aliphatic rings. The van der Waals surface area contributed by atoms with Crippen LogP contribution in [0.5, 0.6) is 0 Å². The first-order valence-corrected chi connectivity index (χ1v) is 7.11. The number of hydrogen-bond acceptors (Lipinski definition) is 3. The average molecular weight is 279 g/mol. The van der Waals surface area contributed by atoms with Crippen molar-refractivity contribution in [3.63, 3.8) is 0 Å². The average Bonchev–Trinajstić information content (AvgIpc) is 2.81. The molecule has 0 bridgehead atoms. The number of likely N-dealkylation sites (tertiary alicyclic amines) is 1. The van der Waals surface area contributed by atoms with E-state index in [1.807, 2.05) is 0 Å². The van der Waals surface area contributed by atoms with E-state index < -0.39 is 0 Å². The number of fused-ring (bicyclic) bond motifs is 1. The van der Waals surface area contributed by atoms with Crippen molar-refractivity contribution in [2.24, 2.45) is 0 Å². The number of piperidine rings is 1. The van der Waals surface area contributed by atoms with Crippen LogP contribution >= 0.6 is 11.3 Å². The van der Waals surface area contributed by atoms with Gasteiger partial charge in [0.2, 0.25) is 0 Å². The van der Waals surface area contributed by atoms with E-state index in [0.717, 1.165) is 10.1 Å². The Hall–Kier alpha value is -1.46. The van der Waals surface area contributed by atoms with Gasteiger partial charge in [-0.1, -0.05) is 0 Å². The molecule has 1 aliphatic heterocycles. The van der Waals surface area contributed by atoms with Crippen LogP contribution in [-0.2, 0) is 0 Å². The SMILES string of the molecule is O=C(c1cc2cc(F)ccc2s1)N1CCC(O)CC1. The molecule has 3 rings (SSSR count). The Bertz CT molecular complexity index is 617. The van der Waals surface area contributed by atoms with Gasteiger partial charge in [0, 0.05) is 17.8 Å². The smallest absolute Gasteiger partial charge is 0.263 e. The highest BCUT2D eigenvalue weighted by atomic mass is 32.1. The summed E-state index contributed by atoms with van der Waals surface area (Å²) in [6.07, 6.45) is 0.969. The Morgan fingerprint density at radius 3 is 2.79 bits per heavy atom. The van der Waals surface area contributed by atoms with Crippen molar-refractivity contribution in [3.8, 4) is 0 Å². The van der Waals surface area contributed by atoms with Crippen molar-refractivity contribution in [1.82, 2.24) is 4.90 Å². The largest absolute Gasteiger partial charge is 0.393 e. The number of carbonyl (C=O) groups is 1. The van der Waals surface area contributed by atoms with E-state index in [1.54, 1.807) is 17.0 Å². The Morgan fingerprint density at radius 2 is 2.05 bits per heavy atom. The van der Waals surface area contributed by atoms with Gasteiger partial charge in [0.25, 0.3) is 5.91 Å². The van der Waals surface area contributed by atoms with Crippen LogP contribution in [0.1, 0.15) is 22.5 Å². The lowest BCUT2D eigenvalue weighted by molar-refractivity contribution is 0.0551. The molecule has 0 unspecified atom stereocenters. The van der Waals surface area contributed by atoms with Gasteiger partial charge in [0.1, 0.15) is 5.82 Å². The summed E-state index contributed by atoms with van der Waals surface area (Å²) in [5, 5.41) is 10.2. The minimum Gasteiger partial charge on any atom is -0.393 e. The van der Waals surface area contributed by atoms with Crippen molar-refractivity contribution >= 4 is 27.3 Å². The maximum absolute atomic E-state index is 13.1. The van der Waals surface area contributed by atoms with Gasteiger partial charge in [0.15, 0.2) is 0 Å². The summed E-state index contributed by atoms with van der Waals surface area (Å²) in [7, 11) is 0. The second kappa shape index (κ2) is 4.90. The third kappa shape index (κ3) is 2.48. The first kappa shape index (κ1) is 12.6. The first-order chi connectivity index (χ1) is 9.13. The van der Waals surface area contributed by atoms with Crippen molar-refractivity contribution in [1.29, 1.82) is 0 Å². The fraction of sp³-hybridized carbons (Fsp3) is 0.357. The highest BCUT2D eigenvalue weighted by molar-refractivity contribution is 7.20. The van der Waals surface area contributed by atoms with E-state index in [9.17, 15) is 14.3 Å². The molecule has 19 heavy (non-hydrogen) atoms. The van der Waals surface area contributed by atoms with Gasteiger partial charge < -0.3 is 10.0 Å². The van der Waals surface area contributed by atoms with Gasteiger partial charge in [-0.05, 0) is 42.5 Å². The Balaban J connectivity index is 1.85. The summed E-state index contributed by atoms with van der Waals surface area (Å²) in [5.41, 5.74) is 0. The second-order valence-electron chi connectivity index (χ2n) is 4.82. The minimum atomic E-state index is -0.291. The molecule has 0 atom stereocenters. The van der Waals surface area contributed by atoms with E-state index in [0.29, 0.717) is 30.8 Å². The molecule has 0 spiro atoms. The van der Waals surface area contributed by atoms with Gasteiger partial charge in [0.05, 0.1) is 11.0 Å². The summed E-state index contributed by atoms with van der Waals surface area (Å²) in [6.45, 7) is 1.17. The van der Waals surface area contributed by atoms with E-state index in [2.05, 4.69) is 0 Å². The minimum absolute atomic E-state index is 0.0199. The number of amides is 1. The van der Waals surface area contributed by atoms with Crippen LogP contribution in [-0.4, -0.2) is 35.1 Å². The number of aliphatic hydroxyl groups is 1. The van der Waals surface area contributed by atoms with Crippen LogP contribution in [0.25, 0.3) is 10.1 Å². The fourth-order valence-corrected chi connectivity index (χ4v) is 3.36. The summed E-state index contributed by atoms with van der Waals surface area (Å²) < 4.78 is 14.0. The lowest BCUT2D eigenvalue weighted by Gasteiger charge is -2.29. The van der Waals surface area contributed by atoms with Crippen molar-refractivity contribution in [3.05, 3.63) is 35.0 Å². The molecule has 0 radical (unpaired) electrons. The molecule has 1 saturated heterocycles. The quantitative estimate of drug-likeness (QED) is 0.871. The van der Waals surface area contributed by atoms with Gasteiger partial charge in [-0.25, -0.2) is 4.39 Å². The van der Waals surface area contributed by atoms with Crippen LogP contribution in [0, 0.1) is 5.82 Å². The van der Waals surface area contributed by atoms with E-state index >= 15 is 0 Å². The highest BCUT2D eigenvalue weighted by Crippen LogP contribution is 2.28. The molecular weight excluding hydrogens is 265 g/mol.